The Bertz CT molecular complexity index is 547. The molecule has 0 bridgehead atoms. The number of likely N-dealkylation sites (tertiary alicyclic amines) is 1. The molecule has 3 heterocycles. The van der Waals surface area contributed by atoms with Crippen LogP contribution >= 0.6 is 0 Å². The number of nitrogens with zero attached hydrogens (tertiary/aromatic N) is 4. The molecule has 2 aromatic rings. The van der Waals surface area contributed by atoms with Crippen LogP contribution in [-0.4, -0.2) is 39.6 Å². The van der Waals surface area contributed by atoms with Gasteiger partial charge in [0.05, 0.1) is 0 Å². The summed E-state index contributed by atoms with van der Waals surface area (Å²) in [6.07, 6.45) is 4.31. The minimum atomic E-state index is 0.555. The van der Waals surface area contributed by atoms with Crippen molar-refractivity contribution >= 4 is 5.65 Å². The van der Waals surface area contributed by atoms with Crippen molar-refractivity contribution in [3.63, 3.8) is 0 Å². The molecular weight excluding hydrogens is 226 g/mol. The first kappa shape index (κ1) is 11.6. The molecule has 5 nitrogen and oxygen atoms in total. The third-order valence-electron chi connectivity index (χ3n) is 3.73. The molecule has 96 valence electrons. The summed E-state index contributed by atoms with van der Waals surface area (Å²) in [5, 5.41) is 8.53. The van der Waals surface area contributed by atoms with Crippen molar-refractivity contribution in [3.05, 3.63) is 29.7 Å². The van der Waals surface area contributed by atoms with Crippen LogP contribution in [0.2, 0.25) is 0 Å². The van der Waals surface area contributed by atoms with E-state index < -0.39 is 0 Å². The Labute approximate surface area is 107 Å². The van der Waals surface area contributed by atoms with Gasteiger partial charge in [0.1, 0.15) is 5.82 Å². The van der Waals surface area contributed by atoms with Gasteiger partial charge in [-0.3, -0.25) is 4.40 Å². The third kappa shape index (κ3) is 2.11. The molecule has 2 aromatic heterocycles. The molecule has 0 spiro atoms. The maximum absolute atomic E-state index is 5.68. The maximum Gasteiger partial charge on any atom is 0.160 e. The molecule has 1 fully saturated rings. The fraction of sp³-hybridized carbons (Fsp3) is 0.538. The quantitative estimate of drug-likeness (QED) is 0.864. The van der Waals surface area contributed by atoms with E-state index in [1.807, 2.05) is 12.1 Å². The molecule has 0 aliphatic carbocycles. The van der Waals surface area contributed by atoms with E-state index in [2.05, 4.69) is 32.7 Å². The molecule has 3 rings (SSSR count). The zero-order chi connectivity index (χ0) is 12.5. The van der Waals surface area contributed by atoms with E-state index >= 15 is 0 Å². The largest absolute Gasteiger partial charge is 0.326 e. The van der Waals surface area contributed by atoms with Crippen LogP contribution in [-0.2, 0) is 13.0 Å². The summed E-state index contributed by atoms with van der Waals surface area (Å²) in [5.74, 6) is 1.75. The molecule has 1 aliphatic rings. The van der Waals surface area contributed by atoms with E-state index in [0.29, 0.717) is 12.5 Å². The highest BCUT2D eigenvalue weighted by molar-refractivity contribution is 5.39. The lowest BCUT2D eigenvalue weighted by Gasteiger charge is -2.09. The van der Waals surface area contributed by atoms with Gasteiger partial charge in [-0.2, -0.15) is 0 Å². The van der Waals surface area contributed by atoms with Crippen LogP contribution in [0.3, 0.4) is 0 Å². The third-order valence-corrected chi connectivity index (χ3v) is 3.73. The number of rotatable bonds is 3. The van der Waals surface area contributed by atoms with Gasteiger partial charge in [0.15, 0.2) is 5.65 Å². The SMILES string of the molecule is CN1CCC(Cc2nnc3ccc(CN)cn23)C1. The van der Waals surface area contributed by atoms with Gasteiger partial charge < -0.3 is 10.6 Å². The number of aromatic nitrogens is 3. The van der Waals surface area contributed by atoms with Crippen molar-refractivity contribution < 1.29 is 0 Å². The normalized spacial score (nSPS) is 20.9. The van der Waals surface area contributed by atoms with Gasteiger partial charge in [-0.05, 0) is 37.6 Å². The van der Waals surface area contributed by atoms with E-state index in [0.717, 1.165) is 30.0 Å². The maximum atomic E-state index is 5.68. The van der Waals surface area contributed by atoms with Gasteiger partial charge in [-0.15, -0.1) is 10.2 Å². The van der Waals surface area contributed by atoms with Crippen molar-refractivity contribution in [1.82, 2.24) is 19.5 Å². The fourth-order valence-electron chi connectivity index (χ4n) is 2.69. The van der Waals surface area contributed by atoms with E-state index in [9.17, 15) is 0 Å². The van der Waals surface area contributed by atoms with Crippen LogP contribution in [0.15, 0.2) is 18.3 Å². The number of pyridine rings is 1. The van der Waals surface area contributed by atoms with Crippen LogP contribution in [0.4, 0.5) is 0 Å². The summed E-state index contributed by atoms with van der Waals surface area (Å²) in [5.41, 5.74) is 7.71. The lowest BCUT2D eigenvalue weighted by Crippen LogP contribution is -2.15. The second-order valence-corrected chi connectivity index (χ2v) is 5.21. The van der Waals surface area contributed by atoms with Crippen molar-refractivity contribution in [2.75, 3.05) is 20.1 Å². The molecule has 2 N–H and O–H groups in total. The van der Waals surface area contributed by atoms with Crippen molar-refractivity contribution in [3.8, 4) is 0 Å². The first-order valence-corrected chi connectivity index (χ1v) is 6.47. The van der Waals surface area contributed by atoms with Crippen molar-refractivity contribution in [1.29, 1.82) is 0 Å². The minimum Gasteiger partial charge on any atom is -0.326 e. The molecule has 0 amide bonds. The van der Waals surface area contributed by atoms with Gasteiger partial charge >= 0.3 is 0 Å². The van der Waals surface area contributed by atoms with Crippen LogP contribution < -0.4 is 5.73 Å². The number of nitrogens with two attached hydrogens (primary N) is 1. The number of hydrogen-bond acceptors (Lipinski definition) is 4. The Hall–Kier alpha value is -1.46. The fourth-order valence-corrected chi connectivity index (χ4v) is 2.69. The van der Waals surface area contributed by atoms with Crippen molar-refractivity contribution in [2.45, 2.75) is 19.4 Å². The Balaban J connectivity index is 1.87. The molecule has 1 atom stereocenters. The van der Waals surface area contributed by atoms with E-state index in [1.54, 1.807) is 0 Å². The van der Waals surface area contributed by atoms with E-state index in [-0.39, 0.29) is 0 Å². The molecule has 0 saturated carbocycles. The van der Waals surface area contributed by atoms with E-state index in [1.165, 1.54) is 13.0 Å². The Morgan fingerprint density at radius 2 is 2.28 bits per heavy atom. The molecule has 18 heavy (non-hydrogen) atoms. The van der Waals surface area contributed by atoms with Gasteiger partial charge in [0, 0.05) is 25.7 Å². The monoisotopic (exact) mass is 245 g/mol. The van der Waals surface area contributed by atoms with Crippen LogP contribution in [0.1, 0.15) is 17.8 Å². The molecule has 0 radical (unpaired) electrons. The highest BCUT2D eigenvalue weighted by atomic mass is 15.2. The molecule has 5 heteroatoms. The molecule has 1 aliphatic heterocycles. The average molecular weight is 245 g/mol. The van der Waals surface area contributed by atoms with Crippen molar-refractivity contribution in [2.24, 2.45) is 11.7 Å². The second-order valence-electron chi connectivity index (χ2n) is 5.21. The zero-order valence-corrected chi connectivity index (χ0v) is 10.7. The zero-order valence-electron chi connectivity index (χ0n) is 10.7. The molecule has 1 unspecified atom stereocenters. The number of fused-ring (bicyclic) bond motifs is 1. The van der Waals surface area contributed by atoms with Gasteiger partial charge in [0.25, 0.3) is 0 Å². The molecule has 0 aromatic carbocycles. The first-order valence-electron chi connectivity index (χ1n) is 6.47. The summed E-state index contributed by atoms with van der Waals surface area (Å²) >= 11 is 0. The van der Waals surface area contributed by atoms with E-state index in [4.69, 9.17) is 5.73 Å². The Morgan fingerprint density at radius 1 is 1.39 bits per heavy atom. The Morgan fingerprint density at radius 3 is 3.00 bits per heavy atom. The minimum absolute atomic E-state index is 0.555. The first-order chi connectivity index (χ1) is 8.76. The molecule has 1 saturated heterocycles. The second kappa shape index (κ2) is 4.66. The van der Waals surface area contributed by atoms with Gasteiger partial charge in [0.2, 0.25) is 0 Å². The predicted octanol–water partition coefficient (Wildman–Crippen LogP) is 0.682. The molecular formula is C13H19N5. The van der Waals surface area contributed by atoms with Crippen LogP contribution in [0.5, 0.6) is 0 Å². The highest BCUT2D eigenvalue weighted by Gasteiger charge is 2.21. The summed E-state index contributed by atoms with van der Waals surface area (Å²) < 4.78 is 2.08. The summed E-state index contributed by atoms with van der Waals surface area (Å²) in [4.78, 5) is 2.37. The predicted molar refractivity (Wildman–Crippen MR) is 70.2 cm³/mol. The summed E-state index contributed by atoms with van der Waals surface area (Å²) in [6, 6.07) is 4.00. The lowest BCUT2D eigenvalue weighted by molar-refractivity contribution is 0.392. The average Bonchev–Trinajstić information content (AvgIpc) is 2.96. The standard InChI is InChI=1S/C13H19N5/c1-17-5-4-10(8-17)6-13-16-15-12-3-2-11(7-14)9-18(12)13/h2-3,9-10H,4-8,14H2,1H3. The van der Waals surface area contributed by atoms with Crippen LogP contribution in [0, 0.1) is 5.92 Å². The topological polar surface area (TPSA) is 59.5 Å². The number of hydrogen-bond donors (Lipinski definition) is 1. The smallest absolute Gasteiger partial charge is 0.160 e. The lowest BCUT2D eigenvalue weighted by atomic mass is 10.0. The summed E-state index contributed by atoms with van der Waals surface area (Å²) in [6.45, 7) is 2.90. The van der Waals surface area contributed by atoms with Gasteiger partial charge in [-0.1, -0.05) is 6.07 Å². The Kier molecular flexibility index (Phi) is 3.01. The highest BCUT2D eigenvalue weighted by Crippen LogP contribution is 2.19. The van der Waals surface area contributed by atoms with Gasteiger partial charge in [-0.25, -0.2) is 0 Å². The van der Waals surface area contributed by atoms with Crippen LogP contribution in [0.25, 0.3) is 5.65 Å². The summed E-state index contributed by atoms with van der Waals surface area (Å²) in [7, 11) is 2.18.